The van der Waals surface area contributed by atoms with Gasteiger partial charge < -0.3 is 5.11 Å². The van der Waals surface area contributed by atoms with E-state index < -0.39 is 17.2 Å². The first-order valence-corrected chi connectivity index (χ1v) is 7.68. The van der Waals surface area contributed by atoms with Crippen molar-refractivity contribution in [2.24, 2.45) is 11.3 Å². The second kappa shape index (κ2) is 7.25. The van der Waals surface area contributed by atoms with Crippen LogP contribution in [0, 0.1) is 16.7 Å². The molecule has 0 aliphatic heterocycles. The summed E-state index contributed by atoms with van der Waals surface area (Å²) in [5.74, 6) is 4.58. The lowest BCUT2D eigenvalue weighted by Crippen LogP contribution is -2.40. The van der Waals surface area contributed by atoms with Crippen molar-refractivity contribution in [3.8, 4) is 6.07 Å². The minimum absolute atomic E-state index is 0.0109. The molecular formula is C16H21N3O2S. The first-order chi connectivity index (χ1) is 10.2. The molecule has 0 aromatic carbocycles. The fraction of sp³-hybridized carbons (Fsp3) is 0.375. The van der Waals surface area contributed by atoms with Crippen LogP contribution in [0.3, 0.4) is 0 Å². The van der Waals surface area contributed by atoms with Crippen molar-refractivity contribution in [3.05, 3.63) is 40.3 Å². The van der Waals surface area contributed by atoms with E-state index in [2.05, 4.69) is 6.58 Å². The molecule has 6 heteroatoms. The van der Waals surface area contributed by atoms with Crippen molar-refractivity contribution in [2.75, 3.05) is 6.54 Å². The number of aliphatic hydroxyl groups is 1. The zero-order valence-corrected chi connectivity index (χ0v) is 13.9. The third kappa shape index (κ3) is 4.72. The summed E-state index contributed by atoms with van der Waals surface area (Å²) in [6, 6.07) is 5.27. The molecule has 1 amide bonds. The van der Waals surface area contributed by atoms with Crippen LogP contribution in [0.2, 0.25) is 0 Å². The van der Waals surface area contributed by atoms with E-state index in [0.29, 0.717) is 17.8 Å². The molecule has 0 atom stereocenters. The summed E-state index contributed by atoms with van der Waals surface area (Å²) < 4.78 is 0. The van der Waals surface area contributed by atoms with Crippen LogP contribution in [0.4, 0.5) is 0 Å². The monoisotopic (exact) mass is 319 g/mol. The number of allylic oxidation sites excluding steroid dienone is 1. The normalized spacial score (nSPS) is 12.3. The smallest absolute Gasteiger partial charge is 0.282 e. The molecule has 0 aliphatic rings. The number of carbonyl (C=O) groups excluding carboxylic acids is 1. The van der Waals surface area contributed by atoms with E-state index in [1.807, 2.05) is 26.2 Å². The highest BCUT2D eigenvalue weighted by Crippen LogP contribution is 2.26. The molecule has 1 aromatic rings. The maximum atomic E-state index is 12.2. The van der Waals surface area contributed by atoms with Crippen LogP contribution in [-0.4, -0.2) is 22.6 Å². The number of nitrogens with zero attached hydrogens (tertiary/aromatic N) is 2. The van der Waals surface area contributed by atoms with Gasteiger partial charge >= 0.3 is 0 Å². The zero-order valence-electron chi connectivity index (χ0n) is 13.1. The van der Waals surface area contributed by atoms with Crippen molar-refractivity contribution in [1.29, 1.82) is 5.26 Å². The Balaban J connectivity index is 2.94. The minimum Gasteiger partial charge on any atom is -0.506 e. The summed E-state index contributed by atoms with van der Waals surface area (Å²) in [6.45, 7) is 10.1. The lowest BCUT2D eigenvalue weighted by molar-refractivity contribution is -0.127. The van der Waals surface area contributed by atoms with Gasteiger partial charge in [-0.05, 0) is 23.3 Å². The number of aliphatic hydroxyl groups excluding tert-OH is 1. The van der Waals surface area contributed by atoms with Crippen LogP contribution < -0.4 is 5.84 Å². The second-order valence-electron chi connectivity index (χ2n) is 6.10. The van der Waals surface area contributed by atoms with Gasteiger partial charge in [0.05, 0.1) is 0 Å². The highest BCUT2D eigenvalue weighted by atomic mass is 32.1. The van der Waals surface area contributed by atoms with Crippen molar-refractivity contribution in [2.45, 2.75) is 27.2 Å². The van der Waals surface area contributed by atoms with E-state index in [4.69, 9.17) is 5.84 Å². The zero-order chi connectivity index (χ0) is 16.9. The van der Waals surface area contributed by atoms with Crippen LogP contribution >= 0.6 is 11.3 Å². The third-order valence-electron chi connectivity index (χ3n) is 3.03. The van der Waals surface area contributed by atoms with Crippen LogP contribution in [0.5, 0.6) is 0 Å². The summed E-state index contributed by atoms with van der Waals surface area (Å²) >= 11 is 1.36. The van der Waals surface area contributed by atoms with Crippen LogP contribution in [0.1, 0.15) is 32.1 Å². The summed E-state index contributed by atoms with van der Waals surface area (Å²) in [5.41, 5.74) is -0.143. The predicted octanol–water partition coefficient (Wildman–Crippen LogP) is 3.24. The molecule has 1 heterocycles. The van der Waals surface area contributed by atoms with Gasteiger partial charge in [-0.2, -0.15) is 5.26 Å². The number of nitrogens with two attached hydrogens (primary N) is 1. The van der Waals surface area contributed by atoms with Crippen LogP contribution in [-0.2, 0) is 4.79 Å². The lowest BCUT2D eigenvalue weighted by Gasteiger charge is -2.23. The second-order valence-corrected chi connectivity index (χ2v) is 7.05. The molecule has 118 valence electrons. The van der Waals surface area contributed by atoms with Gasteiger partial charge in [-0.1, -0.05) is 33.4 Å². The summed E-state index contributed by atoms with van der Waals surface area (Å²) in [7, 11) is 0. The molecule has 3 N–H and O–H groups in total. The molecule has 0 spiro atoms. The number of amides is 1. The lowest BCUT2D eigenvalue weighted by atomic mass is 9.92. The molecule has 0 unspecified atom stereocenters. The first-order valence-electron chi connectivity index (χ1n) is 6.80. The number of hydrogen-bond acceptors (Lipinski definition) is 5. The Labute approximate surface area is 134 Å². The summed E-state index contributed by atoms with van der Waals surface area (Å²) in [5, 5.41) is 22.1. The number of hydrazine groups is 1. The SMILES string of the molecule is C=C(/C(O)=C(/C#N)C(=O)N(N)CCC(C)(C)C)c1cccs1. The van der Waals surface area contributed by atoms with E-state index >= 15 is 0 Å². The molecule has 0 bridgehead atoms. The molecule has 1 rings (SSSR count). The van der Waals surface area contributed by atoms with E-state index in [1.54, 1.807) is 18.2 Å². The van der Waals surface area contributed by atoms with Gasteiger partial charge in [0.1, 0.15) is 11.8 Å². The Morgan fingerprint density at radius 1 is 1.55 bits per heavy atom. The quantitative estimate of drug-likeness (QED) is 0.166. The fourth-order valence-electron chi connectivity index (χ4n) is 1.62. The van der Waals surface area contributed by atoms with E-state index in [0.717, 1.165) is 5.01 Å². The van der Waals surface area contributed by atoms with Gasteiger partial charge in [-0.15, -0.1) is 11.3 Å². The van der Waals surface area contributed by atoms with Crippen molar-refractivity contribution in [3.63, 3.8) is 0 Å². The van der Waals surface area contributed by atoms with Gasteiger partial charge in [0.25, 0.3) is 5.91 Å². The molecule has 1 aromatic heterocycles. The predicted molar refractivity (Wildman–Crippen MR) is 88.6 cm³/mol. The van der Waals surface area contributed by atoms with Crippen molar-refractivity contribution >= 4 is 22.8 Å². The molecule has 0 saturated heterocycles. The summed E-state index contributed by atoms with van der Waals surface area (Å²) in [4.78, 5) is 12.9. The van der Waals surface area contributed by atoms with E-state index in [-0.39, 0.29) is 11.0 Å². The Morgan fingerprint density at radius 3 is 2.64 bits per heavy atom. The largest absolute Gasteiger partial charge is 0.506 e. The first kappa shape index (κ1) is 18.0. The Morgan fingerprint density at radius 2 is 2.18 bits per heavy atom. The van der Waals surface area contributed by atoms with Gasteiger partial charge in [-0.3, -0.25) is 9.80 Å². The average Bonchev–Trinajstić information content (AvgIpc) is 2.97. The van der Waals surface area contributed by atoms with Crippen LogP contribution in [0.15, 0.2) is 35.4 Å². The maximum absolute atomic E-state index is 12.2. The van der Waals surface area contributed by atoms with E-state index in [9.17, 15) is 15.2 Å². The average molecular weight is 319 g/mol. The van der Waals surface area contributed by atoms with Gasteiger partial charge in [-0.25, -0.2) is 5.84 Å². The fourth-order valence-corrected chi connectivity index (χ4v) is 2.32. The molecule has 0 aliphatic carbocycles. The Kier molecular flexibility index (Phi) is 5.92. The maximum Gasteiger partial charge on any atom is 0.282 e. The molecule has 0 saturated carbocycles. The standard InChI is InChI=1S/C16H21N3O2S/c1-11(13-6-5-9-22-13)14(20)12(10-17)15(21)19(18)8-7-16(2,3)4/h5-6,9,20H,1,7-8,18H2,2-4H3/b14-12+. The van der Waals surface area contributed by atoms with Crippen molar-refractivity contribution in [1.82, 2.24) is 5.01 Å². The van der Waals surface area contributed by atoms with E-state index in [1.165, 1.54) is 11.3 Å². The topological polar surface area (TPSA) is 90.3 Å². The highest BCUT2D eigenvalue weighted by Gasteiger charge is 2.23. The number of hydrogen-bond donors (Lipinski definition) is 2. The number of nitriles is 1. The highest BCUT2D eigenvalue weighted by molar-refractivity contribution is 7.11. The molecular weight excluding hydrogens is 298 g/mol. The Hall–Kier alpha value is -2.10. The molecule has 5 nitrogen and oxygen atoms in total. The molecule has 22 heavy (non-hydrogen) atoms. The molecule has 0 fully saturated rings. The van der Waals surface area contributed by atoms with Gasteiger partial charge in [0, 0.05) is 17.0 Å². The third-order valence-corrected chi connectivity index (χ3v) is 3.96. The minimum atomic E-state index is -0.707. The Bertz CT molecular complexity index is 619. The number of thiophene rings is 1. The number of rotatable bonds is 5. The van der Waals surface area contributed by atoms with Crippen molar-refractivity contribution < 1.29 is 9.90 Å². The summed E-state index contributed by atoms with van der Waals surface area (Å²) in [6.07, 6.45) is 0.681. The van der Waals surface area contributed by atoms with Gasteiger partial charge in [0.2, 0.25) is 0 Å². The molecule has 0 radical (unpaired) electrons. The van der Waals surface area contributed by atoms with Crippen LogP contribution in [0.25, 0.3) is 5.57 Å². The number of carbonyl (C=O) groups is 1. The van der Waals surface area contributed by atoms with Gasteiger partial charge in [0.15, 0.2) is 5.57 Å².